The van der Waals surface area contributed by atoms with Gasteiger partial charge in [-0.25, -0.2) is 8.42 Å². The Hall–Kier alpha value is -3.64. The van der Waals surface area contributed by atoms with Crippen molar-refractivity contribution in [3.8, 4) is 0 Å². The average Bonchev–Trinajstić information content (AvgIpc) is 3.59. The van der Waals surface area contributed by atoms with E-state index in [0.29, 0.717) is 6.54 Å². The molecule has 0 fully saturated rings. The van der Waals surface area contributed by atoms with Crippen LogP contribution in [0.2, 0.25) is 0 Å². The molecule has 0 amide bonds. The van der Waals surface area contributed by atoms with Crippen LogP contribution in [0.1, 0.15) is 32.7 Å². The van der Waals surface area contributed by atoms with Crippen LogP contribution < -0.4 is 24.2 Å². The number of aromatic nitrogens is 2. The molecule has 0 atom stereocenters. The summed E-state index contributed by atoms with van der Waals surface area (Å²) >= 11 is 3.19. The predicted octanol–water partition coefficient (Wildman–Crippen LogP) is 4.66. The summed E-state index contributed by atoms with van der Waals surface area (Å²) in [6.07, 6.45) is 2.00. The van der Waals surface area contributed by atoms with Crippen molar-refractivity contribution in [3.63, 3.8) is 0 Å². The van der Waals surface area contributed by atoms with Crippen molar-refractivity contribution in [3.05, 3.63) is 104 Å². The largest absolute Gasteiger partial charge is 0.744 e. The van der Waals surface area contributed by atoms with Crippen LogP contribution in [0.15, 0.2) is 91.8 Å². The van der Waals surface area contributed by atoms with Crippen molar-refractivity contribution in [2.24, 2.45) is 0 Å². The minimum absolute atomic E-state index is 0. The number of thioether (sulfide) groups is 1. The van der Waals surface area contributed by atoms with Crippen LogP contribution in [0, 0.1) is 6.92 Å². The molecular formula is C31H33N3O5S3. The van der Waals surface area contributed by atoms with Gasteiger partial charge in [-0.1, -0.05) is 61.2 Å². The van der Waals surface area contributed by atoms with Crippen LogP contribution in [0.25, 0.3) is 22.2 Å². The lowest BCUT2D eigenvalue weighted by atomic mass is 10.2. The van der Waals surface area contributed by atoms with E-state index in [0.717, 1.165) is 49.0 Å². The highest BCUT2D eigenvalue weighted by Crippen LogP contribution is 2.44. The Kier molecular flexibility index (Phi) is 9.47. The molecule has 1 aliphatic heterocycles. The number of thiazole rings is 1. The SMILES string of the molecule is C.CCn1c(=Cc2oc3ccccc3[n+]2CC)s/c(=C2\Sc3ccccc3N2C)c1=O.Cc1ccc(S(=O)(=O)[O-])cc1. The number of hydrogen-bond acceptors (Lipinski definition) is 8. The van der Waals surface area contributed by atoms with Crippen LogP contribution in [-0.4, -0.2) is 24.6 Å². The molecule has 5 aromatic rings. The lowest BCUT2D eigenvalue weighted by Crippen LogP contribution is -2.36. The van der Waals surface area contributed by atoms with E-state index in [9.17, 15) is 17.8 Å². The van der Waals surface area contributed by atoms with Crippen molar-refractivity contribution in [2.45, 2.75) is 51.1 Å². The summed E-state index contributed by atoms with van der Waals surface area (Å²) < 4.78 is 42.9. The highest BCUT2D eigenvalue weighted by atomic mass is 32.2. The normalized spacial score (nSPS) is 14.4. The van der Waals surface area contributed by atoms with Crippen LogP contribution in [0.4, 0.5) is 5.69 Å². The Morgan fingerprint density at radius 3 is 2.31 bits per heavy atom. The highest BCUT2D eigenvalue weighted by Gasteiger charge is 2.25. The number of oxazole rings is 1. The fourth-order valence-electron chi connectivity index (χ4n) is 4.57. The van der Waals surface area contributed by atoms with Gasteiger partial charge in [0, 0.05) is 24.6 Å². The Morgan fingerprint density at radius 2 is 1.67 bits per heavy atom. The predicted molar refractivity (Wildman–Crippen MR) is 169 cm³/mol. The summed E-state index contributed by atoms with van der Waals surface area (Å²) in [5.74, 6) is 0.759. The topological polar surface area (TPSA) is 99.5 Å². The van der Waals surface area contributed by atoms with Crippen molar-refractivity contribution >= 4 is 61.1 Å². The monoisotopic (exact) mass is 623 g/mol. The second-order valence-electron chi connectivity index (χ2n) is 9.32. The first-order chi connectivity index (χ1) is 19.6. The van der Waals surface area contributed by atoms with E-state index in [1.165, 1.54) is 28.4 Å². The number of para-hydroxylation sites is 3. The number of fused-ring (bicyclic) bond motifs is 2. The summed E-state index contributed by atoms with van der Waals surface area (Å²) in [4.78, 5) is 16.4. The average molecular weight is 624 g/mol. The smallest absolute Gasteiger partial charge is 0.377 e. The quantitative estimate of drug-likeness (QED) is 0.212. The Bertz CT molecular complexity index is 2020. The fraction of sp³-hybridized carbons (Fsp3) is 0.226. The van der Waals surface area contributed by atoms with Gasteiger partial charge in [0.2, 0.25) is 5.58 Å². The van der Waals surface area contributed by atoms with E-state index < -0.39 is 10.1 Å². The third-order valence-corrected chi connectivity index (χ3v) is 10.0. The van der Waals surface area contributed by atoms with Gasteiger partial charge in [0.1, 0.15) is 30.9 Å². The molecule has 2 aromatic heterocycles. The van der Waals surface area contributed by atoms with Gasteiger partial charge in [-0.2, -0.15) is 4.57 Å². The summed E-state index contributed by atoms with van der Waals surface area (Å²) in [7, 11) is -2.24. The zero-order valence-corrected chi connectivity index (χ0v) is 25.5. The molecule has 0 N–H and O–H groups in total. The summed E-state index contributed by atoms with van der Waals surface area (Å²) in [6.45, 7) is 7.34. The first-order valence-electron chi connectivity index (χ1n) is 13.0. The van der Waals surface area contributed by atoms with Crippen LogP contribution in [0.5, 0.6) is 0 Å². The maximum Gasteiger partial charge on any atom is 0.377 e. The maximum absolute atomic E-state index is 13.3. The van der Waals surface area contributed by atoms with Gasteiger partial charge in [0.25, 0.3) is 11.1 Å². The standard InChI is InChI=1S/C23H22N3O2S2.C7H8O3S.CH4/c1-4-25-15-10-6-8-12-17(15)28-19(25)14-20-26(5-2)22(27)21(30-20)23-24(3)16-11-7-9-13-18(16)29-23;1-6-2-4-7(5-3-6)11(8,9)10;/h6-14H,4-5H2,1-3H3;2-5H,1H3,(H,8,9,10);1H4/q+1;;/p-1/b23-21-;;. The molecule has 3 aromatic carbocycles. The maximum atomic E-state index is 13.3. The molecule has 11 heteroatoms. The molecule has 0 aliphatic carbocycles. The van der Waals surface area contributed by atoms with Crippen molar-refractivity contribution in [2.75, 3.05) is 11.9 Å². The molecule has 0 unspecified atom stereocenters. The summed E-state index contributed by atoms with van der Waals surface area (Å²) in [5.41, 5.74) is 4.03. The second kappa shape index (κ2) is 12.7. The van der Waals surface area contributed by atoms with Gasteiger partial charge in [-0.3, -0.25) is 9.36 Å². The number of nitrogens with zero attached hydrogens (tertiary/aromatic N) is 3. The lowest BCUT2D eigenvalue weighted by Gasteiger charge is -2.11. The van der Waals surface area contributed by atoms with Gasteiger partial charge in [0.05, 0.1) is 16.7 Å². The molecule has 0 bridgehead atoms. The molecule has 220 valence electrons. The number of anilines is 1. The molecule has 0 saturated heterocycles. The molecule has 8 nitrogen and oxygen atoms in total. The van der Waals surface area contributed by atoms with E-state index in [2.05, 4.69) is 34.6 Å². The van der Waals surface area contributed by atoms with Crippen molar-refractivity contribution < 1.29 is 22.0 Å². The Balaban J connectivity index is 0.000000287. The molecule has 0 radical (unpaired) electrons. The van der Waals surface area contributed by atoms with Crippen LogP contribution >= 0.6 is 23.1 Å². The molecule has 0 spiro atoms. The molecular weight excluding hydrogens is 591 g/mol. The van der Waals surface area contributed by atoms with E-state index in [1.54, 1.807) is 23.9 Å². The zero-order chi connectivity index (χ0) is 29.3. The van der Waals surface area contributed by atoms with Gasteiger partial charge < -0.3 is 13.9 Å². The minimum atomic E-state index is -4.27. The zero-order valence-electron chi connectivity index (χ0n) is 23.0. The third-order valence-electron chi connectivity index (χ3n) is 6.67. The second-order valence-corrected chi connectivity index (χ2v) is 12.8. The van der Waals surface area contributed by atoms with Gasteiger partial charge in [-0.15, -0.1) is 11.3 Å². The van der Waals surface area contributed by atoms with E-state index in [1.807, 2.05) is 61.9 Å². The first-order valence-corrected chi connectivity index (χ1v) is 16.1. The highest BCUT2D eigenvalue weighted by molar-refractivity contribution is 8.08. The first kappa shape index (κ1) is 31.3. The molecule has 0 saturated carbocycles. The minimum Gasteiger partial charge on any atom is -0.744 e. The van der Waals surface area contributed by atoms with Gasteiger partial charge in [-0.05, 0) is 51.1 Å². The summed E-state index contributed by atoms with van der Waals surface area (Å²) in [5, 5.41) is 0.987. The number of benzene rings is 3. The number of hydrogen-bond donors (Lipinski definition) is 0. The lowest BCUT2D eigenvalue weighted by molar-refractivity contribution is -0.674. The van der Waals surface area contributed by atoms with Crippen LogP contribution in [-0.2, 0) is 23.2 Å². The van der Waals surface area contributed by atoms with E-state index in [-0.39, 0.29) is 17.9 Å². The molecule has 1 aliphatic rings. The van der Waals surface area contributed by atoms with E-state index in [4.69, 9.17) is 4.42 Å². The molecule has 3 heterocycles. The third kappa shape index (κ3) is 6.10. The van der Waals surface area contributed by atoms with Gasteiger partial charge >= 0.3 is 5.89 Å². The molecule has 42 heavy (non-hydrogen) atoms. The molecule has 6 rings (SSSR count). The number of rotatable bonds is 4. The number of aryl methyl sites for hydroxylation is 2. The van der Waals surface area contributed by atoms with E-state index >= 15 is 0 Å². The Morgan fingerprint density at radius 1 is 1.00 bits per heavy atom. The van der Waals surface area contributed by atoms with Crippen molar-refractivity contribution in [1.82, 2.24) is 4.57 Å². The fourth-order valence-corrected chi connectivity index (χ4v) is 7.48. The summed E-state index contributed by atoms with van der Waals surface area (Å²) in [6, 6.07) is 22.1. The van der Waals surface area contributed by atoms with Crippen LogP contribution in [0.3, 0.4) is 0 Å². The Labute approximate surface area is 253 Å². The van der Waals surface area contributed by atoms with Crippen molar-refractivity contribution in [1.29, 1.82) is 0 Å². The van der Waals surface area contributed by atoms with Gasteiger partial charge in [0.15, 0.2) is 0 Å².